The quantitative estimate of drug-likeness (QED) is 0.629. The minimum absolute atomic E-state index is 0.00863. The smallest absolute Gasteiger partial charge is 0.273 e. The van der Waals surface area contributed by atoms with Crippen LogP contribution in [0.15, 0.2) is 47.8 Å². The Bertz CT molecular complexity index is 1010. The first-order valence-electron chi connectivity index (χ1n) is 9.59. The van der Waals surface area contributed by atoms with E-state index in [1.165, 1.54) is 16.9 Å². The van der Waals surface area contributed by atoms with Gasteiger partial charge in [-0.2, -0.15) is 0 Å². The van der Waals surface area contributed by atoms with E-state index in [1.54, 1.807) is 0 Å². The normalized spacial score (nSPS) is 14.2. The third kappa shape index (κ3) is 4.54. The number of anilines is 3. The third-order valence-corrected chi connectivity index (χ3v) is 6.12. The first-order valence-corrected chi connectivity index (χ1v) is 10.8. The molecule has 0 aliphatic carbocycles. The lowest BCUT2D eigenvalue weighted by Gasteiger charge is -2.35. The predicted octanol–water partition coefficient (Wildman–Crippen LogP) is 5.12. The summed E-state index contributed by atoms with van der Waals surface area (Å²) in [6, 6.07) is 14.1. The zero-order chi connectivity index (χ0) is 20.4. The summed E-state index contributed by atoms with van der Waals surface area (Å²) in [6.45, 7) is 7.09. The molecule has 2 aromatic carbocycles. The van der Waals surface area contributed by atoms with Crippen LogP contribution in [0.5, 0.6) is 0 Å². The number of hydrogen-bond donors (Lipinski definition) is 1. The molecular weight excluding hydrogens is 404 g/mol. The van der Waals surface area contributed by atoms with Gasteiger partial charge in [-0.05, 0) is 49.7 Å². The highest BCUT2D eigenvalue weighted by molar-refractivity contribution is 7.14. The van der Waals surface area contributed by atoms with Crippen LogP contribution in [0.1, 0.15) is 21.6 Å². The number of aryl methyl sites for hydroxylation is 2. The highest BCUT2D eigenvalue weighted by atomic mass is 35.5. The Morgan fingerprint density at radius 3 is 2.48 bits per heavy atom. The number of halogens is 1. The zero-order valence-electron chi connectivity index (χ0n) is 16.5. The fourth-order valence-electron chi connectivity index (χ4n) is 3.48. The van der Waals surface area contributed by atoms with Gasteiger partial charge in [-0.15, -0.1) is 11.3 Å². The van der Waals surface area contributed by atoms with Crippen molar-refractivity contribution in [2.45, 2.75) is 13.8 Å². The van der Waals surface area contributed by atoms with Gasteiger partial charge in [-0.3, -0.25) is 4.79 Å². The average molecular weight is 427 g/mol. The van der Waals surface area contributed by atoms with Crippen LogP contribution in [0, 0.1) is 13.8 Å². The van der Waals surface area contributed by atoms with Gasteiger partial charge in [0.05, 0.1) is 0 Å². The molecule has 1 amide bonds. The summed E-state index contributed by atoms with van der Waals surface area (Å²) >= 11 is 7.42. The Balaban J connectivity index is 1.37. The maximum absolute atomic E-state index is 12.9. The monoisotopic (exact) mass is 426 g/mol. The van der Waals surface area contributed by atoms with Crippen molar-refractivity contribution < 1.29 is 4.79 Å². The van der Waals surface area contributed by atoms with Gasteiger partial charge < -0.3 is 15.1 Å². The van der Waals surface area contributed by atoms with Gasteiger partial charge in [-0.25, -0.2) is 4.98 Å². The number of carbonyl (C=O) groups excluding carboxylic acids is 1. The molecule has 1 fully saturated rings. The third-order valence-electron chi connectivity index (χ3n) is 5.11. The number of nitrogens with zero attached hydrogens (tertiary/aromatic N) is 3. The first-order chi connectivity index (χ1) is 14.0. The van der Waals surface area contributed by atoms with E-state index in [0.29, 0.717) is 18.8 Å². The number of benzene rings is 2. The second-order valence-electron chi connectivity index (χ2n) is 7.24. The van der Waals surface area contributed by atoms with E-state index >= 15 is 0 Å². The molecule has 1 aliphatic rings. The van der Waals surface area contributed by atoms with Crippen molar-refractivity contribution in [1.82, 2.24) is 9.88 Å². The molecular formula is C22H23ClN4OS. The number of amides is 1. The van der Waals surface area contributed by atoms with Crippen LogP contribution in [0.4, 0.5) is 16.5 Å². The van der Waals surface area contributed by atoms with Crippen molar-refractivity contribution in [3.05, 3.63) is 69.7 Å². The van der Waals surface area contributed by atoms with Crippen LogP contribution in [0.2, 0.25) is 5.02 Å². The van der Waals surface area contributed by atoms with Gasteiger partial charge in [0, 0.05) is 48.0 Å². The van der Waals surface area contributed by atoms with Crippen molar-refractivity contribution in [2.24, 2.45) is 0 Å². The first kappa shape index (κ1) is 19.7. The second-order valence-corrected chi connectivity index (χ2v) is 8.53. The highest BCUT2D eigenvalue weighted by Crippen LogP contribution is 2.25. The van der Waals surface area contributed by atoms with Crippen molar-refractivity contribution in [1.29, 1.82) is 0 Å². The molecule has 2 heterocycles. The van der Waals surface area contributed by atoms with E-state index in [0.717, 1.165) is 40.2 Å². The van der Waals surface area contributed by atoms with Gasteiger partial charge >= 0.3 is 0 Å². The molecule has 0 unspecified atom stereocenters. The summed E-state index contributed by atoms with van der Waals surface area (Å²) in [5.41, 5.74) is 5.03. The van der Waals surface area contributed by atoms with Gasteiger partial charge in [0.2, 0.25) is 0 Å². The van der Waals surface area contributed by atoms with Crippen molar-refractivity contribution in [3.63, 3.8) is 0 Å². The molecule has 0 bridgehead atoms. The fourth-order valence-corrected chi connectivity index (χ4v) is 4.30. The minimum Gasteiger partial charge on any atom is -0.368 e. The molecule has 1 aromatic heterocycles. The lowest BCUT2D eigenvalue weighted by molar-refractivity contribution is 0.0742. The highest BCUT2D eigenvalue weighted by Gasteiger charge is 2.24. The molecule has 1 N–H and O–H groups in total. The number of carbonyl (C=O) groups is 1. The number of hydrogen-bond acceptors (Lipinski definition) is 5. The fraction of sp³-hybridized carbons (Fsp3) is 0.273. The summed E-state index contributed by atoms with van der Waals surface area (Å²) in [7, 11) is 0. The minimum atomic E-state index is -0.00863. The molecule has 4 rings (SSSR count). The largest absolute Gasteiger partial charge is 0.368 e. The lowest BCUT2D eigenvalue weighted by Crippen LogP contribution is -2.48. The van der Waals surface area contributed by atoms with Crippen LogP contribution < -0.4 is 10.2 Å². The SMILES string of the molecule is Cc1ccc(Nc2nc(C(=O)N3CCN(c4ccc(Cl)cc4)CC3)cs2)c(C)c1. The van der Waals surface area contributed by atoms with Gasteiger partial charge in [0.15, 0.2) is 5.13 Å². The van der Waals surface area contributed by atoms with Gasteiger partial charge in [-0.1, -0.05) is 29.3 Å². The van der Waals surface area contributed by atoms with E-state index in [2.05, 4.69) is 41.2 Å². The molecule has 0 saturated carbocycles. The Morgan fingerprint density at radius 2 is 1.79 bits per heavy atom. The Kier molecular flexibility index (Phi) is 5.74. The Morgan fingerprint density at radius 1 is 1.07 bits per heavy atom. The van der Waals surface area contributed by atoms with E-state index < -0.39 is 0 Å². The molecule has 7 heteroatoms. The molecule has 1 saturated heterocycles. The van der Waals surface area contributed by atoms with E-state index in [4.69, 9.17) is 11.6 Å². The molecule has 0 atom stereocenters. The molecule has 1 aliphatic heterocycles. The maximum atomic E-state index is 12.9. The van der Waals surface area contributed by atoms with Crippen LogP contribution in [-0.2, 0) is 0 Å². The summed E-state index contributed by atoms with van der Waals surface area (Å²) in [6.07, 6.45) is 0. The molecule has 0 spiro atoms. The van der Waals surface area contributed by atoms with Gasteiger partial charge in [0.25, 0.3) is 5.91 Å². The summed E-state index contributed by atoms with van der Waals surface area (Å²) in [5.74, 6) is -0.00863. The predicted molar refractivity (Wildman–Crippen MR) is 121 cm³/mol. The number of rotatable bonds is 4. The standard InChI is InChI=1S/C22H23ClN4OS/c1-15-3-8-19(16(2)13-15)24-22-25-20(14-29-22)21(28)27-11-9-26(10-12-27)18-6-4-17(23)5-7-18/h3-8,13-14H,9-12H2,1-2H3,(H,24,25). The van der Waals surface area contributed by atoms with Crippen LogP contribution in [-0.4, -0.2) is 42.0 Å². The van der Waals surface area contributed by atoms with E-state index in [1.807, 2.05) is 40.6 Å². The second kappa shape index (κ2) is 8.43. The topological polar surface area (TPSA) is 48.5 Å². The van der Waals surface area contributed by atoms with Crippen molar-refractivity contribution in [3.8, 4) is 0 Å². The van der Waals surface area contributed by atoms with E-state index in [-0.39, 0.29) is 5.91 Å². The molecule has 5 nitrogen and oxygen atoms in total. The summed E-state index contributed by atoms with van der Waals surface area (Å²) < 4.78 is 0. The summed E-state index contributed by atoms with van der Waals surface area (Å²) in [5, 5.41) is 6.63. The molecule has 150 valence electrons. The molecule has 3 aromatic rings. The Hall–Kier alpha value is -2.57. The molecule has 29 heavy (non-hydrogen) atoms. The number of piperazine rings is 1. The van der Waals surface area contributed by atoms with Crippen molar-refractivity contribution in [2.75, 3.05) is 36.4 Å². The zero-order valence-corrected chi connectivity index (χ0v) is 18.1. The maximum Gasteiger partial charge on any atom is 0.273 e. The number of nitrogens with one attached hydrogen (secondary N) is 1. The van der Waals surface area contributed by atoms with E-state index in [9.17, 15) is 4.79 Å². The van der Waals surface area contributed by atoms with Crippen LogP contribution in [0.25, 0.3) is 0 Å². The lowest BCUT2D eigenvalue weighted by atomic mass is 10.1. The number of aromatic nitrogens is 1. The van der Waals surface area contributed by atoms with Crippen LogP contribution >= 0.6 is 22.9 Å². The number of thiazole rings is 1. The van der Waals surface area contributed by atoms with Crippen molar-refractivity contribution >= 4 is 45.4 Å². The summed E-state index contributed by atoms with van der Waals surface area (Å²) in [4.78, 5) is 21.5. The molecule has 0 radical (unpaired) electrons. The Labute approximate surface area is 179 Å². The average Bonchev–Trinajstić information content (AvgIpc) is 3.19. The van der Waals surface area contributed by atoms with Crippen LogP contribution in [0.3, 0.4) is 0 Å². The van der Waals surface area contributed by atoms with Gasteiger partial charge in [0.1, 0.15) is 5.69 Å².